The van der Waals surface area contributed by atoms with E-state index in [2.05, 4.69) is 0 Å². The lowest BCUT2D eigenvalue weighted by Crippen LogP contribution is -2.10. The molecule has 0 aromatic heterocycles. The van der Waals surface area contributed by atoms with Crippen LogP contribution in [-0.4, -0.2) is 26.2 Å². The molecule has 0 saturated carbocycles. The third kappa shape index (κ3) is 3.38. The number of carbonyl (C=O) groups is 2. The molecule has 2 rings (SSSR count). The van der Waals surface area contributed by atoms with Gasteiger partial charge in [-0.05, 0) is 18.2 Å². The highest BCUT2D eigenvalue weighted by molar-refractivity contribution is 6.31. The third-order valence-electron chi connectivity index (χ3n) is 3.25. The lowest BCUT2D eigenvalue weighted by Gasteiger charge is -2.19. The molecule has 0 aliphatic heterocycles. The van der Waals surface area contributed by atoms with E-state index in [0.717, 1.165) is 0 Å². The highest BCUT2D eigenvalue weighted by atomic mass is 35.5. The number of hydrogen-bond donors (Lipinski definition) is 0. The molecule has 0 fully saturated rings. The summed E-state index contributed by atoms with van der Waals surface area (Å²) in [5, 5.41) is 1.40. The van der Waals surface area contributed by atoms with Crippen molar-refractivity contribution < 1.29 is 28.5 Å². The summed E-state index contributed by atoms with van der Waals surface area (Å²) >= 11 is 6.06. The number of rotatable bonds is 5. The van der Waals surface area contributed by atoms with Gasteiger partial charge in [0.05, 0.1) is 14.2 Å². The fourth-order valence-corrected chi connectivity index (χ4v) is 2.43. The molecule has 24 heavy (non-hydrogen) atoms. The van der Waals surface area contributed by atoms with Crippen molar-refractivity contribution in [3.63, 3.8) is 0 Å². The molecule has 0 atom stereocenters. The lowest BCUT2D eigenvalue weighted by molar-refractivity contribution is -0.134. The molecular formula is C17H17ClO6. The predicted octanol–water partition coefficient (Wildman–Crippen LogP) is 3.75. The first-order chi connectivity index (χ1) is 11.4. The quantitative estimate of drug-likeness (QED) is 0.603. The Balaban J connectivity index is 2.89. The van der Waals surface area contributed by atoms with Crippen molar-refractivity contribution in [2.75, 3.05) is 14.2 Å². The van der Waals surface area contributed by atoms with E-state index in [-0.39, 0.29) is 29.4 Å². The van der Waals surface area contributed by atoms with Crippen molar-refractivity contribution in [1.29, 1.82) is 0 Å². The largest absolute Gasteiger partial charge is 0.490 e. The molecule has 7 heteroatoms. The predicted molar refractivity (Wildman–Crippen MR) is 89.3 cm³/mol. The van der Waals surface area contributed by atoms with Crippen LogP contribution in [0.3, 0.4) is 0 Å². The number of fused-ring (bicyclic) bond motifs is 1. The van der Waals surface area contributed by atoms with E-state index in [9.17, 15) is 9.59 Å². The summed E-state index contributed by atoms with van der Waals surface area (Å²) in [4.78, 5) is 23.3. The minimum atomic E-state index is -0.532. The first-order valence-corrected chi connectivity index (χ1v) is 7.57. The second-order valence-corrected chi connectivity index (χ2v) is 5.27. The minimum absolute atomic E-state index is 0.140. The minimum Gasteiger partial charge on any atom is -0.490 e. The molecule has 6 nitrogen and oxygen atoms in total. The highest BCUT2D eigenvalue weighted by Crippen LogP contribution is 2.51. The lowest BCUT2D eigenvalue weighted by atomic mass is 10.1. The van der Waals surface area contributed by atoms with Crippen LogP contribution in [0.1, 0.15) is 20.3 Å². The van der Waals surface area contributed by atoms with E-state index < -0.39 is 11.9 Å². The first kappa shape index (κ1) is 17.9. The van der Waals surface area contributed by atoms with Gasteiger partial charge in [-0.15, -0.1) is 0 Å². The Morgan fingerprint density at radius 1 is 0.958 bits per heavy atom. The van der Waals surface area contributed by atoms with Crippen LogP contribution in [0, 0.1) is 0 Å². The van der Waals surface area contributed by atoms with E-state index >= 15 is 0 Å². The summed E-state index contributed by atoms with van der Waals surface area (Å²) < 4.78 is 21.4. The molecule has 0 amide bonds. The maximum Gasteiger partial charge on any atom is 0.311 e. The van der Waals surface area contributed by atoms with Crippen LogP contribution >= 0.6 is 11.6 Å². The van der Waals surface area contributed by atoms with Gasteiger partial charge in [-0.2, -0.15) is 0 Å². The van der Waals surface area contributed by atoms with Gasteiger partial charge < -0.3 is 18.9 Å². The fourth-order valence-electron chi connectivity index (χ4n) is 2.26. The van der Waals surface area contributed by atoms with Crippen molar-refractivity contribution in [2.24, 2.45) is 0 Å². The Bertz CT molecular complexity index is 800. The van der Waals surface area contributed by atoms with E-state index in [4.69, 9.17) is 30.5 Å². The topological polar surface area (TPSA) is 71.1 Å². The van der Waals surface area contributed by atoms with Crippen molar-refractivity contribution >= 4 is 34.3 Å². The Morgan fingerprint density at radius 2 is 1.54 bits per heavy atom. The van der Waals surface area contributed by atoms with Gasteiger partial charge in [0.15, 0.2) is 11.5 Å². The van der Waals surface area contributed by atoms with Crippen molar-refractivity contribution in [2.45, 2.75) is 20.3 Å². The summed E-state index contributed by atoms with van der Waals surface area (Å²) in [7, 11) is 2.80. The smallest absolute Gasteiger partial charge is 0.311 e. The van der Waals surface area contributed by atoms with Gasteiger partial charge in [0.2, 0.25) is 11.5 Å². The standard InChI is InChI=1S/C17H17ClO6/c1-5-13(20)24-14-11-7-6-10(18)8-12(11)15(23-9(2)19)17(22-4)16(14)21-3/h6-8H,5H2,1-4H3. The van der Waals surface area contributed by atoms with Gasteiger partial charge in [0.25, 0.3) is 0 Å². The molecule has 2 aromatic carbocycles. The van der Waals surface area contributed by atoms with Crippen LogP contribution in [0.25, 0.3) is 10.8 Å². The Kier molecular flexibility index (Phi) is 5.51. The molecule has 0 bridgehead atoms. The number of ether oxygens (including phenoxy) is 4. The van der Waals surface area contributed by atoms with Gasteiger partial charge >= 0.3 is 11.9 Å². The van der Waals surface area contributed by atoms with E-state index in [1.54, 1.807) is 25.1 Å². The fraction of sp³-hybridized carbons (Fsp3) is 0.294. The van der Waals surface area contributed by atoms with Crippen LogP contribution in [0.5, 0.6) is 23.0 Å². The zero-order chi connectivity index (χ0) is 17.9. The Morgan fingerprint density at radius 3 is 2.04 bits per heavy atom. The summed E-state index contributed by atoms with van der Waals surface area (Å²) in [5.41, 5.74) is 0. The van der Waals surface area contributed by atoms with Crippen LogP contribution in [0.2, 0.25) is 5.02 Å². The van der Waals surface area contributed by atoms with E-state index in [1.165, 1.54) is 21.1 Å². The number of carbonyl (C=O) groups excluding carboxylic acids is 2. The zero-order valence-electron chi connectivity index (χ0n) is 13.8. The normalized spacial score (nSPS) is 10.4. The Hall–Kier alpha value is -2.47. The average Bonchev–Trinajstić information content (AvgIpc) is 2.55. The highest BCUT2D eigenvalue weighted by Gasteiger charge is 2.26. The maximum atomic E-state index is 11.8. The number of esters is 2. The van der Waals surface area contributed by atoms with Crippen molar-refractivity contribution in [3.8, 4) is 23.0 Å². The molecule has 0 radical (unpaired) electrons. The average molecular weight is 353 g/mol. The van der Waals surface area contributed by atoms with Gasteiger partial charge in [0, 0.05) is 29.1 Å². The van der Waals surface area contributed by atoms with Crippen LogP contribution in [-0.2, 0) is 9.59 Å². The number of benzene rings is 2. The molecule has 2 aromatic rings. The molecule has 0 aliphatic rings. The van der Waals surface area contributed by atoms with Gasteiger partial charge in [0.1, 0.15) is 0 Å². The van der Waals surface area contributed by atoms with E-state index in [1.807, 2.05) is 0 Å². The van der Waals surface area contributed by atoms with Crippen LogP contribution < -0.4 is 18.9 Å². The van der Waals surface area contributed by atoms with Gasteiger partial charge in [-0.1, -0.05) is 18.5 Å². The zero-order valence-corrected chi connectivity index (χ0v) is 14.5. The van der Waals surface area contributed by atoms with Crippen LogP contribution in [0.4, 0.5) is 0 Å². The first-order valence-electron chi connectivity index (χ1n) is 7.19. The van der Waals surface area contributed by atoms with Crippen molar-refractivity contribution in [1.82, 2.24) is 0 Å². The summed E-state index contributed by atoms with van der Waals surface area (Å²) in [6.45, 7) is 2.95. The number of methoxy groups -OCH3 is 2. The van der Waals surface area contributed by atoms with Crippen LogP contribution in [0.15, 0.2) is 18.2 Å². The molecule has 0 saturated heterocycles. The molecule has 0 heterocycles. The van der Waals surface area contributed by atoms with Crippen molar-refractivity contribution in [3.05, 3.63) is 23.2 Å². The van der Waals surface area contributed by atoms with E-state index in [0.29, 0.717) is 15.8 Å². The third-order valence-corrected chi connectivity index (χ3v) is 3.48. The molecule has 0 spiro atoms. The summed E-state index contributed by atoms with van der Waals surface area (Å²) in [5.74, 6) is -0.340. The Labute approximate surface area is 144 Å². The molecule has 0 aliphatic carbocycles. The maximum absolute atomic E-state index is 11.8. The SMILES string of the molecule is CCC(=O)Oc1c(OC)c(OC)c(OC(C)=O)c2cc(Cl)ccc12. The number of halogens is 1. The molecule has 0 unspecified atom stereocenters. The summed E-state index contributed by atoms with van der Waals surface area (Å²) in [6.07, 6.45) is 0.187. The van der Waals surface area contributed by atoms with Gasteiger partial charge in [-0.3, -0.25) is 9.59 Å². The monoisotopic (exact) mass is 352 g/mol. The molecule has 128 valence electrons. The second kappa shape index (κ2) is 7.40. The molecular weight excluding hydrogens is 336 g/mol. The second-order valence-electron chi connectivity index (χ2n) is 4.84. The molecule has 0 N–H and O–H groups in total. The summed E-state index contributed by atoms with van der Waals surface area (Å²) in [6, 6.07) is 4.89. The number of hydrogen-bond acceptors (Lipinski definition) is 6. The van der Waals surface area contributed by atoms with Gasteiger partial charge in [-0.25, -0.2) is 0 Å².